The number of nitrogens with zero attached hydrogens (tertiary/aromatic N) is 6. The summed E-state index contributed by atoms with van der Waals surface area (Å²) in [4.78, 5) is 29.9. The van der Waals surface area contributed by atoms with Crippen LogP contribution in [-0.2, 0) is 5.41 Å². The van der Waals surface area contributed by atoms with Gasteiger partial charge in [-0.1, -0.05) is 194 Å². The van der Waals surface area contributed by atoms with Crippen molar-refractivity contribution in [2.24, 2.45) is 23.7 Å². The minimum absolute atomic E-state index is 0.0363. The van der Waals surface area contributed by atoms with Crippen LogP contribution in [0.25, 0.3) is 102 Å². The molecule has 0 radical (unpaired) electrons. The van der Waals surface area contributed by atoms with Crippen LogP contribution in [-0.4, -0.2) is 29.9 Å². The lowest BCUT2D eigenvalue weighted by Crippen LogP contribution is -2.55. The number of benzene rings is 8. The Morgan fingerprint density at radius 3 is 0.957 bits per heavy atom. The van der Waals surface area contributed by atoms with E-state index in [-0.39, 0.29) is 5.41 Å². The maximum Gasteiger partial charge on any atom is 0.164 e. The van der Waals surface area contributed by atoms with Gasteiger partial charge < -0.3 is 0 Å². The molecule has 0 unspecified atom stereocenters. The fourth-order valence-electron chi connectivity index (χ4n) is 13.1. The van der Waals surface area contributed by atoms with E-state index in [1.165, 1.54) is 65.5 Å². The highest BCUT2D eigenvalue weighted by Gasteiger charge is 2.61. The third kappa shape index (κ3) is 6.84. The van der Waals surface area contributed by atoms with Crippen LogP contribution in [0.5, 0.6) is 0 Å². The average Bonchev–Trinajstić information content (AvgIpc) is 3.72. The molecule has 0 N–H and O–H groups in total. The molecule has 0 atom stereocenters. The largest absolute Gasteiger partial charge is 0.208 e. The van der Waals surface area contributed by atoms with Gasteiger partial charge in [-0.05, 0) is 112 Å². The molecule has 5 aliphatic rings. The highest BCUT2D eigenvalue weighted by Crippen LogP contribution is 2.69. The Kier molecular flexibility index (Phi) is 9.61. The summed E-state index contributed by atoms with van der Waals surface area (Å²) in [5, 5.41) is 0. The first-order chi connectivity index (χ1) is 34.6. The molecular weight excluding hydrogens is 853 g/mol. The fourth-order valence-corrected chi connectivity index (χ4v) is 13.1. The van der Waals surface area contributed by atoms with Crippen LogP contribution in [0.15, 0.2) is 206 Å². The van der Waals surface area contributed by atoms with Gasteiger partial charge in [-0.2, -0.15) is 0 Å². The second-order valence-corrected chi connectivity index (χ2v) is 19.9. The van der Waals surface area contributed by atoms with E-state index in [1.54, 1.807) is 11.1 Å². The van der Waals surface area contributed by atoms with Gasteiger partial charge in [-0.25, -0.2) is 29.9 Å². The van der Waals surface area contributed by atoms with Crippen molar-refractivity contribution in [1.29, 1.82) is 0 Å². The van der Waals surface area contributed by atoms with Gasteiger partial charge >= 0.3 is 0 Å². The molecule has 10 aromatic rings. The molecule has 4 bridgehead atoms. The van der Waals surface area contributed by atoms with Crippen molar-refractivity contribution in [3.63, 3.8) is 0 Å². The molecule has 0 aliphatic heterocycles. The second-order valence-electron chi connectivity index (χ2n) is 19.9. The zero-order valence-corrected chi connectivity index (χ0v) is 38.7. The van der Waals surface area contributed by atoms with Gasteiger partial charge in [0.1, 0.15) is 0 Å². The molecule has 0 amide bonds. The summed E-state index contributed by atoms with van der Waals surface area (Å²) in [7, 11) is 0. The molecule has 6 heteroatoms. The van der Waals surface area contributed by atoms with Crippen molar-refractivity contribution in [3.05, 3.63) is 217 Å². The number of hydrogen-bond acceptors (Lipinski definition) is 6. The van der Waals surface area contributed by atoms with Crippen LogP contribution in [0.4, 0.5) is 0 Å². The van der Waals surface area contributed by atoms with Crippen LogP contribution in [0.3, 0.4) is 0 Å². The van der Waals surface area contributed by atoms with Crippen molar-refractivity contribution < 1.29 is 0 Å². The highest BCUT2D eigenvalue weighted by molar-refractivity contribution is 5.88. The van der Waals surface area contributed by atoms with E-state index in [1.807, 2.05) is 72.8 Å². The summed E-state index contributed by atoms with van der Waals surface area (Å²) in [6.45, 7) is 0. The number of aromatic nitrogens is 6. The predicted octanol–water partition coefficient (Wildman–Crippen LogP) is 15.1. The van der Waals surface area contributed by atoms with Crippen molar-refractivity contribution in [3.8, 4) is 102 Å². The summed E-state index contributed by atoms with van der Waals surface area (Å²) in [6, 6.07) is 73.1. The molecule has 1 spiro atoms. The molecule has 8 aromatic carbocycles. The Balaban J connectivity index is 0.823. The lowest BCUT2D eigenvalue weighted by molar-refractivity contribution is -0.0399. The Morgan fingerprint density at radius 1 is 0.257 bits per heavy atom. The summed E-state index contributed by atoms with van der Waals surface area (Å²) >= 11 is 0. The minimum atomic E-state index is 0.0363. The topological polar surface area (TPSA) is 77.3 Å². The maximum atomic E-state index is 5.02. The Labute approximate surface area is 408 Å². The lowest BCUT2D eigenvalue weighted by Gasteiger charge is -2.61. The first-order valence-corrected chi connectivity index (χ1v) is 24.9. The molecule has 15 rings (SSSR count). The van der Waals surface area contributed by atoms with Crippen LogP contribution in [0.1, 0.15) is 43.2 Å². The monoisotopic (exact) mass is 900 g/mol. The van der Waals surface area contributed by atoms with E-state index in [2.05, 4.69) is 133 Å². The van der Waals surface area contributed by atoms with E-state index in [0.29, 0.717) is 46.8 Å². The van der Waals surface area contributed by atoms with Gasteiger partial charge in [0.2, 0.25) is 0 Å². The van der Waals surface area contributed by atoms with Crippen LogP contribution < -0.4 is 0 Å². The second kappa shape index (κ2) is 16.5. The zero-order valence-electron chi connectivity index (χ0n) is 38.7. The number of fused-ring (bicyclic) bond motifs is 3. The molecule has 6 nitrogen and oxygen atoms in total. The van der Waals surface area contributed by atoms with Gasteiger partial charge in [0.25, 0.3) is 0 Å². The summed E-state index contributed by atoms with van der Waals surface area (Å²) in [6.07, 6.45) is 6.78. The van der Waals surface area contributed by atoms with E-state index in [9.17, 15) is 0 Å². The molecule has 0 saturated heterocycles. The van der Waals surface area contributed by atoms with Gasteiger partial charge in [0, 0.05) is 38.8 Å². The Morgan fingerprint density at radius 2 is 0.571 bits per heavy atom. The van der Waals surface area contributed by atoms with Gasteiger partial charge in [-0.15, -0.1) is 0 Å². The van der Waals surface area contributed by atoms with Crippen molar-refractivity contribution in [2.75, 3.05) is 0 Å². The molecule has 70 heavy (non-hydrogen) atoms. The zero-order chi connectivity index (χ0) is 46.2. The van der Waals surface area contributed by atoms with E-state index in [4.69, 9.17) is 29.9 Å². The summed E-state index contributed by atoms with van der Waals surface area (Å²) < 4.78 is 0. The standard InChI is InChI=1S/C64H48N6/c1-5-13-44(14-6-1)58-65-59(45-15-7-2-8-16-45)68-62(67-58)48-25-21-42(22-26-48)50-30-32-56-55(38-50)54-31-29-51(39-57(54)64(56)52-34-40-33-41(36-52)37-53(64)35-40)43-23-27-49(28-24-43)63-69-60(46-17-9-3-10-18-46)66-61(70-63)47-19-11-4-12-20-47/h1-32,38-41,52-53H,33-37H2. The number of hydrogen-bond donors (Lipinski definition) is 0. The lowest BCUT2D eigenvalue weighted by atomic mass is 9.43. The van der Waals surface area contributed by atoms with E-state index < -0.39 is 0 Å². The molecular formula is C64H48N6. The molecule has 2 heterocycles. The molecule has 4 saturated carbocycles. The predicted molar refractivity (Wildman–Crippen MR) is 280 cm³/mol. The van der Waals surface area contributed by atoms with E-state index >= 15 is 0 Å². The van der Waals surface area contributed by atoms with Gasteiger partial charge in [-0.3, -0.25) is 0 Å². The SMILES string of the molecule is c1ccc(-c2nc(-c3ccccc3)nc(-c3ccc(-c4ccc5c(c4)-c4ccc(-c6ccc(-c7nc(-c8ccccc8)nc(-c8ccccc8)n7)cc6)cc4C54C5CC6CC(C5)CC4C6)cc3)n2)cc1. The van der Waals surface area contributed by atoms with E-state index in [0.717, 1.165) is 45.2 Å². The van der Waals surface area contributed by atoms with Crippen molar-refractivity contribution in [1.82, 2.24) is 29.9 Å². The van der Waals surface area contributed by atoms with Crippen LogP contribution in [0.2, 0.25) is 0 Å². The van der Waals surface area contributed by atoms with Crippen LogP contribution >= 0.6 is 0 Å². The molecule has 5 aliphatic carbocycles. The maximum absolute atomic E-state index is 5.02. The minimum Gasteiger partial charge on any atom is -0.208 e. The molecule has 4 fully saturated rings. The van der Waals surface area contributed by atoms with Crippen molar-refractivity contribution in [2.45, 2.75) is 37.5 Å². The van der Waals surface area contributed by atoms with Gasteiger partial charge in [0.15, 0.2) is 34.9 Å². The summed E-state index contributed by atoms with van der Waals surface area (Å²) in [5.41, 5.74) is 16.6. The fraction of sp³-hybridized carbons (Fsp3) is 0.156. The first kappa shape index (κ1) is 40.8. The average molecular weight is 901 g/mol. The van der Waals surface area contributed by atoms with Crippen LogP contribution in [0, 0.1) is 23.7 Å². The smallest absolute Gasteiger partial charge is 0.164 e. The first-order valence-electron chi connectivity index (χ1n) is 24.9. The molecule has 2 aromatic heterocycles. The molecule has 334 valence electrons. The Hall–Kier alpha value is -8.22. The third-order valence-corrected chi connectivity index (χ3v) is 16.0. The normalized spacial score (nSPS) is 20.3. The highest BCUT2D eigenvalue weighted by atomic mass is 15.0. The quantitative estimate of drug-likeness (QED) is 0.151. The Bertz CT molecular complexity index is 3430. The summed E-state index contributed by atoms with van der Waals surface area (Å²) in [5.74, 6) is 7.06. The third-order valence-electron chi connectivity index (χ3n) is 16.0. The van der Waals surface area contributed by atoms with Gasteiger partial charge in [0.05, 0.1) is 0 Å². The number of rotatable bonds is 8. The van der Waals surface area contributed by atoms with Crippen molar-refractivity contribution >= 4 is 0 Å².